The molecule has 1 aliphatic rings. The molecule has 1 fully saturated rings. The first-order valence-electron chi connectivity index (χ1n) is 6.44. The van der Waals surface area contributed by atoms with Gasteiger partial charge in [-0.2, -0.15) is 0 Å². The Labute approximate surface area is 108 Å². The van der Waals surface area contributed by atoms with E-state index in [1.807, 2.05) is 0 Å². The molecular weight excluding hydrogens is 232 g/mol. The number of likely N-dealkylation sites (N-methyl/N-ethyl adjacent to an activating group) is 1. The topological polar surface area (TPSA) is 34.2 Å². The van der Waals surface area contributed by atoms with Crippen LogP contribution in [0.5, 0.6) is 0 Å². The second-order valence-electron chi connectivity index (χ2n) is 4.86. The number of nitrogens with zero attached hydrogens (tertiary/aromatic N) is 1. The lowest BCUT2D eigenvalue weighted by Crippen LogP contribution is -2.31. The molecule has 1 atom stereocenters. The third-order valence-corrected chi connectivity index (χ3v) is 4.44. The Kier molecular flexibility index (Phi) is 4.95. The highest BCUT2D eigenvalue weighted by Gasteiger charge is 2.19. The van der Waals surface area contributed by atoms with Crippen LogP contribution in [0.15, 0.2) is 5.38 Å². The van der Waals surface area contributed by atoms with Crippen molar-refractivity contribution in [1.29, 1.82) is 0 Å². The Morgan fingerprint density at radius 2 is 2.29 bits per heavy atom. The summed E-state index contributed by atoms with van der Waals surface area (Å²) in [6.45, 7) is 3.95. The minimum absolute atomic E-state index is 0.559. The van der Waals surface area contributed by atoms with Gasteiger partial charge in [-0.3, -0.25) is 0 Å². The number of rotatable bonds is 5. The summed E-state index contributed by atoms with van der Waals surface area (Å²) in [4.78, 5) is 4.55. The third-order valence-electron chi connectivity index (χ3n) is 3.45. The van der Waals surface area contributed by atoms with Crippen molar-refractivity contribution in [1.82, 2.24) is 10.3 Å². The summed E-state index contributed by atoms with van der Waals surface area (Å²) in [5.41, 5.74) is 1.14. The maximum Gasteiger partial charge on any atom is 0.0943 e. The van der Waals surface area contributed by atoms with E-state index in [9.17, 15) is 0 Å². The van der Waals surface area contributed by atoms with Crippen molar-refractivity contribution in [3.05, 3.63) is 16.1 Å². The minimum Gasteiger partial charge on any atom is -0.381 e. The number of thiazole rings is 1. The Hall–Kier alpha value is -0.450. The van der Waals surface area contributed by atoms with Crippen LogP contribution in [0, 0.1) is 12.8 Å². The smallest absolute Gasteiger partial charge is 0.0943 e. The van der Waals surface area contributed by atoms with Crippen molar-refractivity contribution >= 4 is 11.3 Å². The molecule has 0 saturated carbocycles. The Morgan fingerprint density at radius 1 is 1.53 bits per heavy atom. The van der Waals surface area contributed by atoms with E-state index in [-0.39, 0.29) is 0 Å². The maximum absolute atomic E-state index is 5.41. The molecule has 1 aliphatic heterocycles. The molecule has 2 rings (SSSR count). The van der Waals surface area contributed by atoms with Gasteiger partial charge in [0.05, 0.1) is 5.01 Å². The number of hydrogen-bond donors (Lipinski definition) is 1. The van der Waals surface area contributed by atoms with Gasteiger partial charge in [0.1, 0.15) is 0 Å². The highest BCUT2D eigenvalue weighted by Crippen LogP contribution is 2.22. The minimum atomic E-state index is 0.559. The SMILES string of the molecule is CNC(Cc1nc(C)cs1)CC1CCOCC1. The van der Waals surface area contributed by atoms with E-state index in [2.05, 4.69) is 29.7 Å². The second-order valence-corrected chi connectivity index (χ2v) is 5.81. The van der Waals surface area contributed by atoms with Gasteiger partial charge >= 0.3 is 0 Å². The summed E-state index contributed by atoms with van der Waals surface area (Å²) in [5, 5.41) is 6.83. The summed E-state index contributed by atoms with van der Waals surface area (Å²) in [7, 11) is 2.06. The highest BCUT2D eigenvalue weighted by atomic mass is 32.1. The number of nitrogens with one attached hydrogen (secondary N) is 1. The summed E-state index contributed by atoms with van der Waals surface area (Å²) in [5.74, 6) is 0.822. The first-order valence-corrected chi connectivity index (χ1v) is 7.32. The lowest BCUT2D eigenvalue weighted by Gasteiger charge is -2.26. The number of aromatic nitrogens is 1. The van der Waals surface area contributed by atoms with Crippen LogP contribution in [0.3, 0.4) is 0 Å². The zero-order valence-corrected chi connectivity index (χ0v) is 11.6. The van der Waals surface area contributed by atoms with Gasteiger partial charge in [0.2, 0.25) is 0 Å². The molecule has 0 bridgehead atoms. The quantitative estimate of drug-likeness (QED) is 0.876. The van der Waals surface area contributed by atoms with Crippen LogP contribution < -0.4 is 5.32 Å². The van der Waals surface area contributed by atoms with Crippen LogP contribution in [-0.4, -0.2) is 31.3 Å². The van der Waals surface area contributed by atoms with Gasteiger partial charge in [-0.1, -0.05) is 0 Å². The largest absolute Gasteiger partial charge is 0.381 e. The second kappa shape index (κ2) is 6.47. The van der Waals surface area contributed by atoms with Crippen molar-refractivity contribution in [2.75, 3.05) is 20.3 Å². The predicted molar refractivity (Wildman–Crippen MR) is 71.6 cm³/mol. The monoisotopic (exact) mass is 254 g/mol. The lowest BCUT2D eigenvalue weighted by atomic mass is 9.91. The fourth-order valence-electron chi connectivity index (χ4n) is 2.39. The van der Waals surface area contributed by atoms with E-state index in [1.54, 1.807) is 11.3 Å². The van der Waals surface area contributed by atoms with Gasteiger partial charge in [0, 0.05) is 36.8 Å². The molecule has 3 nitrogen and oxygen atoms in total. The average Bonchev–Trinajstić information content (AvgIpc) is 2.75. The van der Waals surface area contributed by atoms with E-state index < -0.39 is 0 Å². The van der Waals surface area contributed by atoms with Gasteiger partial charge in [-0.15, -0.1) is 11.3 Å². The van der Waals surface area contributed by atoms with Gasteiger partial charge < -0.3 is 10.1 Å². The standard InChI is InChI=1S/C13H22N2OS/c1-10-9-17-13(15-10)8-12(14-2)7-11-3-5-16-6-4-11/h9,11-12,14H,3-8H2,1-2H3. The van der Waals surface area contributed by atoms with E-state index in [1.165, 1.54) is 24.3 Å². The lowest BCUT2D eigenvalue weighted by molar-refractivity contribution is 0.0608. The third kappa shape index (κ3) is 4.05. The normalized spacial score (nSPS) is 19.4. The predicted octanol–water partition coefficient (Wildman–Crippen LogP) is 2.40. The van der Waals surface area contributed by atoms with Crippen molar-refractivity contribution < 1.29 is 4.74 Å². The van der Waals surface area contributed by atoms with E-state index in [0.717, 1.165) is 31.2 Å². The molecule has 0 amide bonds. The Bertz CT molecular complexity index is 334. The summed E-state index contributed by atoms with van der Waals surface area (Å²) in [6.07, 6.45) is 4.75. The maximum atomic E-state index is 5.41. The molecule has 17 heavy (non-hydrogen) atoms. The molecule has 4 heteroatoms. The van der Waals surface area contributed by atoms with E-state index in [0.29, 0.717) is 6.04 Å². The average molecular weight is 254 g/mol. The number of ether oxygens (including phenoxy) is 1. The van der Waals surface area contributed by atoms with Crippen LogP contribution in [-0.2, 0) is 11.2 Å². The summed E-state index contributed by atoms with van der Waals surface area (Å²) in [6, 6.07) is 0.559. The van der Waals surface area contributed by atoms with E-state index in [4.69, 9.17) is 4.74 Å². The molecule has 96 valence electrons. The number of aryl methyl sites for hydroxylation is 1. The van der Waals surface area contributed by atoms with Gasteiger partial charge in [0.25, 0.3) is 0 Å². The summed E-state index contributed by atoms with van der Waals surface area (Å²) >= 11 is 1.78. The molecular formula is C13H22N2OS. The van der Waals surface area contributed by atoms with Gasteiger partial charge in [0.15, 0.2) is 0 Å². The number of hydrogen-bond acceptors (Lipinski definition) is 4. The molecule has 1 N–H and O–H groups in total. The molecule has 1 saturated heterocycles. The fraction of sp³-hybridized carbons (Fsp3) is 0.769. The highest BCUT2D eigenvalue weighted by molar-refractivity contribution is 7.09. The van der Waals surface area contributed by atoms with Crippen molar-refractivity contribution in [3.8, 4) is 0 Å². The molecule has 0 spiro atoms. The van der Waals surface area contributed by atoms with Crippen LogP contribution >= 0.6 is 11.3 Å². The van der Waals surface area contributed by atoms with Gasteiger partial charge in [-0.25, -0.2) is 4.98 Å². The molecule has 0 aliphatic carbocycles. The molecule has 2 heterocycles. The van der Waals surface area contributed by atoms with Crippen LogP contribution in [0.4, 0.5) is 0 Å². The van der Waals surface area contributed by atoms with Crippen molar-refractivity contribution in [3.63, 3.8) is 0 Å². The molecule has 0 aromatic carbocycles. The zero-order chi connectivity index (χ0) is 12.1. The van der Waals surface area contributed by atoms with Crippen LogP contribution in [0.25, 0.3) is 0 Å². The zero-order valence-electron chi connectivity index (χ0n) is 10.7. The van der Waals surface area contributed by atoms with Crippen molar-refractivity contribution in [2.45, 2.75) is 38.6 Å². The first kappa shape index (κ1) is 13.0. The first-order chi connectivity index (χ1) is 8.28. The molecule has 0 radical (unpaired) electrons. The fourth-order valence-corrected chi connectivity index (χ4v) is 3.25. The van der Waals surface area contributed by atoms with Crippen LogP contribution in [0.2, 0.25) is 0 Å². The van der Waals surface area contributed by atoms with Gasteiger partial charge in [-0.05, 0) is 39.2 Å². The van der Waals surface area contributed by atoms with Crippen LogP contribution in [0.1, 0.15) is 30.0 Å². The van der Waals surface area contributed by atoms with Crippen molar-refractivity contribution in [2.24, 2.45) is 5.92 Å². The summed E-state index contributed by atoms with van der Waals surface area (Å²) < 4.78 is 5.41. The molecule has 1 aromatic rings. The molecule has 1 unspecified atom stereocenters. The molecule has 1 aromatic heterocycles. The van der Waals surface area contributed by atoms with E-state index >= 15 is 0 Å². The Morgan fingerprint density at radius 3 is 2.88 bits per heavy atom. The Balaban J connectivity index is 1.83.